The zero-order valence-electron chi connectivity index (χ0n) is 24.9. The molecule has 0 aliphatic rings. The normalized spacial score (nSPS) is 20.3. The van der Waals surface area contributed by atoms with E-state index >= 15 is 35.1 Å². The zero-order valence-corrected chi connectivity index (χ0v) is 30.6. The quantitative estimate of drug-likeness (QED) is 0.0900. The Hall–Kier alpha value is 0.0774. The zero-order chi connectivity index (χ0) is 38.3. The van der Waals surface area contributed by atoms with Crippen LogP contribution in [-0.4, -0.2) is 116 Å². The van der Waals surface area contributed by atoms with Gasteiger partial charge in [-0.1, -0.05) is 0 Å². The first kappa shape index (κ1) is 47.1. The van der Waals surface area contributed by atoms with Crippen molar-refractivity contribution in [1.29, 1.82) is 0 Å². The Bertz CT molecular complexity index is 880. The first-order valence-electron chi connectivity index (χ1n) is 13.2. The number of rotatable bonds is 20. The Morgan fingerprint density at radius 3 is 0.702 bits per heavy atom. The van der Waals surface area contributed by atoms with Gasteiger partial charge in [-0.25, -0.2) is 0 Å². The fourth-order valence-corrected chi connectivity index (χ4v) is 40.8. The molecule has 0 aliphatic carbocycles. The van der Waals surface area contributed by atoms with Gasteiger partial charge in [-0.2, -0.15) is 0 Å². The van der Waals surface area contributed by atoms with Crippen molar-refractivity contribution in [3.05, 3.63) is 0 Å². The minimum atomic E-state index is -11.1. The van der Waals surface area contributed by atoms with Crippen LogP contribution in [0.3, 0.4) is 0 Å². The van der Waals surface area contributed by atoms with E-state index in [0.717, 1.165) is 0 Å². The maximum atomic E-state index is 15.8. The SMILES string of the molecule is CCC[O][Sn]([O][Sn]([O]CCC)([C](F)(F)C(F)(F)C(C)F)[C](F)(F)C(F)(F)C(C)F)([C](F)(F)C(F)(F)C(C)F)[C](F)(F)C(F)(F)C(C)F. The van der Waals surface area contributed by atoms with Gasteiger partial charge in [0.1, 0.15) is 0 Å². The van der Waals surface area contributed by atoms with E-state index in [9.17, 15) is 52.7 Å². The van der Waals surface area contributed by atoms with Crippen LogP contribution in [0.25, 0.3) is 0 Å². The van der Waals surface area contributed by atoms with E-state index in [2.05, 4.69) is 7.56 Å². The molecule has 0 aromatic carbocycles. The van der Waals surface area contributed by atoms with Gasteiger partial charge in [-0.15, -0.1) is 0 Å². The second-order valence-electron chi connectivity index (χ2n) is 10.3. The summed E-state index contributed by atoms with van der Waals surface area (Å²) >= 11 is -22.1. The third-order valence-electron chi connectivity index (χ3n) is 6.63. The molecule has 0 aliphatic heterocycles. The van der Waals surface area contributed by atoms with Crippen LogP contribution in [0.2, 0.25) is 0 Å². The van der Waals surface area contributed by atoms with E-state index in [1.54, 1.807) is 0 Å². The minimum absolute atomic E-state index is 0.621. The summed E-state index contributed by atoms with van der Waals surface area (Å²) in [5.74, 6) is -27.9. The van der Waals surface area contributed by atoms with Crippen LogP contribution >= 0.6 is 0 Å². The summed E-state index contributed by atoms with van der Waals surface area (Å²) in [7, 11) is 0. The molecule has 0 amide bonds. The van der Waals surface area contributed by atoms with Crippen LogP contribution in [-0.2, 0) is 7.56 Å². The number of hydrogen-bond acceptors (Lipinski definition) is 3. The van der Waals surface area contributed by atoms with E-state index in [1.807, 2.05) is 0 Å². The van der Waals surface area contributed by atoms with Crippen molar-refractivity contribution < 1.29 is 95.4 Å². The second kappa shape index (κ2) is 15.0. The van der Waals surface area contributed by atoms with E-state index in [0.29, 0.717) is 13.8 Å². The summed E-state index contributed by atoms with van der Waals surface area (Å²) in [5, 5.41) is 0. The van der Waals surface area contributed by atoms with Crippen LogP contribution < -0.4 is 0 Å². The molecule has 47 heavy (non-hydrogen) atoms. The van der Waals surface area contributed by atoms with E-state index < -0.39 is 156 Å². The molecule has 0 spiro atoms. The second-order valence-corrected chi connectivity index (χ2v) is 30.6. The predicted molar refractivity (Wildman–Crippen MR) is 127 cm³/mol. The molecule has 0 aromatic rings. The Morgan fingerprint density at radius 1 is 0.404 bits per heavy atom. The summed E-state index contributed by atoms with van der Waals surface area (Å²) in [6, 6.07) is 0. The number of alkyl halides is 20. The first-order chi connectivity index (χ1) is 20.6. The molecule has 0 bridgehead atoms. The van der Waals surface area contributed by atoms with Crippen molar-refractivity contribution in [3.8, 4) is 0 Å². The van der Waals surface area contributed by atoms with Gasteiger partial charge in [0.05, 0.1) is 0 Å². The van der Waals surface area contributed by atoms with Crippen molar-refractivity contribution in [2.24, 2.45) is 0 Å². The molecule has 0 rings (SSSR count). The molecule has 0 aromatic heterocycles. The molecule has 0 saturated carbocycles. The molecule has 0 saturated heterocycles. The fourth-order valence-electron chi connectivity index (χ4n) is 3.64. The van der Waals surface area contributed by atoms with Gasteiger partial charge < -0.3 is 0 Å². The summed E-state index contributed by atoms with van der Waals surface area (Å²) < 4.78 is 281. The van der Waals surface area contributed by atoms with Crippen molar-refractivity contribution in [2.45, 2.75) is 119 Å². The van der Waals surface area contributed by atoms with Crippen molar-refractivity contribution in [2.75, 3.05) is 13.2 Å². The standard InChI is InChI=1S/4C4H4F5.2C3H7O.O.2Sn/c4*1-2(5)4(8,9)3(6)7;2*1-2-3-4;;;/h4*2H,1H3;2*2-3H2,1H3;;;/q;;;;2*-1;;2*+1. The summed E-state index contributed by atoms with van der Waals surface area (Å²) in [6.07, 6.45) is -20.6. The van der Waals surface area contributed by atoms with Gasteiger partial charge in [0.2, 0.25) is 0 Å². The van der Waals surface area contributed by atoms with E-state index in [4.69, 9.17) is 0 Å². The number of hydrogen-bond donors (Lipinski definition) is 0. The molecular formula is C22H30F20O3Sn2. The third-order valence-corrected chi connectivity index (χ3v) is 36.0. The summed E-state index contributed by atoms with van der Waals surface area (Å²) in [6.45, 7) is -5.52. The monoisotopic (exact) mass is 962 g/mol. The van der Waals surface area contributed by atoms with Crippen LogP contribution in [0.1, 0.15) is 54.4 Å². The van der Waals surface area contributed by atoms with Gasteiger partial charge in [-0.3, -0.25) is 0 Å². The Labute approximate surface area is 264 Å². The van der Waals surface area contributed by atoms with Crippen molar-refractivity contribution in [1.82, 2.24) is 0 Å². The van der Waals surface area contributed by atoms with Gasteiger partial charge in [0.15, 0.2) is 0 Å². The van der Waals surface area contributed by atoms with Gasteiger partial charge in [0, 0.05) is 0 Å². The fraction of sp³-hybridized carbons (Fsp3) is 1.00. The Kier molecular flexibility index (Phi) is 15.0. The summed E-state index contributed by atoms with van der Waals surface area (Å²) in [5.41, 5.74) is 0. The molecule has 4 unspecified atom stereocenters. The number of halogens is 20. The van der Waals surface area contributed by atoms with Crippen LogP contribution in [0.15, 0.2) is 0 Å². The molecule has 0 heterocycles. The van der Waals surface area contributed by atoms with Crippen LogP contribution in [0.5, 0.6) is 0 Å². The van der Waals surface area contributed by atoms with E-state index in [-0.39, 0.29) is 0 Å². The van der Waals surface area contributed by atoms with Crippen LogP contribution in [0.4, 0.5) is 87.8 Å². The van der Waals surface area contributed by atoms with Gasteiger partial charge in [0.25, 0.3) is 0 Å². The molecule has 4 atom stereocenters. The molecule has 0 N–H and O–H groups in total. The van der Waals surface area contributed by atoms with Crippen molar-refractivity contribution >= 4 is 38.4 Å². The average molecular weight is 960 g/mol. The Morgan fingerprint density at radius 2 is 0.574 bits per heavy atom. The maximum absolute atomic E-state index is 15.8. The molecule has 3 nitrogen and oxygen atoms in total. The first-order valence-corrected chi connectivity index (χ1v) is 23.5. The van der Waals surface area contributed by atoms with Crippen molar-refractivity contribution in [3.63, 3.8) is 0 Å². The predicted octanol–water partition coefficient (Wildman–Crippen LogP) is 9.41. The third kappa shape index (κ3) is 7.13. The molecular weight excluding hydrogens is 930 g/mol. The Balaban J connectivity index is 9.28. The van der Waals surface area contributed by atoms with Crippen LogP contribution in [0, 0.1) is 0 Å². The summed E-state index contributed by atoms with van der Waals surface area (Å²) in [4.78, 5) is 0. The molecule has 0 radical (unpaired) electrons. The van der Waals surface area contributed by atoms with Gasteiger partial charge >= 0.3 is 266 Å². The molecule has 284 valence electrons. The van der Waals surface area contributed by atoms with Gasteiger partial charge in [-0.05, 0) is 0 Å². The molecule has 25 heteroatoms. The molecule has 0 fully saturated rings. The topological polar surface area (TPSA) is 27.7 Å². The average Bonchev–Trinajstić information content (AvgIpc) is 2.91. The van der Waals surface area contributed by atoms with E-state index in [1.165, 1.54) is 0 Å².